The van der Waals surface area contributed by atoms with Crippen LogP contribution in [0.15, 0.2) is 18.2 Å². The van der Waals surface area contributed by atoms with Crippen LogP contribution in [0.3, 0.4) is 0 Å². The first-order valence-electron chi connectivity index (χ1n) is 4.91. The van der Waals surface area contributed by atoms with E-state index in [1.165, 1.54) is 12.1 Å². The number of hydrogen-bond acceptors (Lipinski definition) is 5. The SMILES string of the molecule is C[C@H](CO)NCc1ccc(N)c([N+](=O)[O-])c1. The molecule has 0 aromatic heterocycles. The van der Waals surface area contributed by atoms with E-state index in [2.05, 4.69) is 5.32 Å². The van der Waals surface area contributed by atoms with Crippen molar-refractivity contribution in [2.45, 2.75) is 19.5 Å². The van der Waals surface area contributed by atoms with Crippen LogP contribution in [-0.2, 0) is 6.54 Å². The number of nitrogens with two attached hydrogens (primary N) is 1. The maximum Gasteiger partial charge on any atom is 0.292 e. The molecule has 4 N–H and O–H groups in total. The molecule has 6 nitrogen and oxygen atoms in total. The summed E-state index contributed by atoms with van der Waals surface area (Å²) in [6.45, 7) is 2.31. The van der Waals surface area contributed by atoms with Crippen LogP contribution in [0.25, 0.3) is 0 Å². The number of anilines is 1. The smallest absolute Gasteiger partial charge is 0.292 e. The molecule has 0 amide bonds. The monoisotopic (exact) mass is 225 g/mol. The van der Waals surface area contributed by atoms with Crippen molar-refractivity contribution in [2.24, 2.45) is 0 Å². The quantitative estimate of drug-likeness (QED) is 0.388. The van der Waals surface area contributed by atoms with Crippen molar-refractivity contribution in [3.05, 3.63) is 33.9 Å². The summed E-state index contributed by atoms with van der Waals surface area (Å²) in [6.07, 6.45) is 0. The Bertz CT molecular complexity index is 382. The van der Waals surface area contributed by atoms with E-state index in [4.69, 9.17) is 10.8 Å². The predicted molar refractivity (Wildman–Crippen MR) is 60.9 cm³/mol. The number of aliphatic hydroxyl groups is 1. The minimum absolute atomic E-state index is 0.0249. The molecule has 1 rings (SSSR count). The molecular formula is C10H15N3O3. The van der Waals surface area contributed by atoms with E-state index in [0.717, 1.165) is 5.56 Å². The fraction of sp³-hybridized carbons (Fsp3) is 0.400. The normalized spacial score (nSPS) is 12.4. The van der Waals surface area contributed by atoms with Gasteiger partial charge in [0.25, 0.3) is 5.69 Å². The highest BCUT2D eigenvalue weighted by molar-refractivity contribution is 5.59. The van der Waals surface area contributed by atoms with Crippen molar-refractivity contribution in [1.29, 1.82) is 0 Å². The molecule has 0 unspecified atom stereocenters. The second-order valence-electron chi connectivity index (χ2n) is 3.61. The van der Waals surface area contributed by atoms with Gasteiger partial charge >= 0.3 is 0 Å². The van der Waals surface area contributed by atoms with Crippen molar-refractivity contribution in [1.82, 2.24) is 5.32 Å². The van der Waals surface area contributed by atoms with Crippen LogP contribution in [0.4, 0.5) is 11.4 Å². The van der Waals surface area contributed by atoms with Crippen LogP contribution in [0, 0.1) is 10.1 Å². The van der Waals surface area contributed by atoms with Crippen LogP contribution in [-0.4, -0.2) is 22.7 Å². The summed E-state index contributed by atoms with van der Waals surface area (Å²) < 4.78 is 0. The summed E-state index contributed by atoms with van der Waals surface area (Å²) >= 11 is 0. The van der Waals surface area contributed by atoms with Gasteiger partial charge in [0.2, 0.25) is 0 Å². The zero-order chi connectivity index (χ0) is 12.1. The van der Waals surface area contributed by atoms with Crippen LogP contribution < -0.4 is 11.1 Å². The second kappa shape index (κ2) is 5.43. The van der Waals surface area contributed by atoms with Crippen molar-refractivity contribution in [2.75, 3.05) is 12.3 Å². The number of nitro benzene ring substituents is 1. The molecule has 16 heavy (non-hydrogen) atoms. The van der Waals surface area contributed by atoms with Gasteiger partial charge in [0.05, 0.1) is 11.5 Å². The number of nitrogens with one attached hydrogen (secondary N) is 1. The highest BCUT2D eigenvalue weighted by atomic mass is 16.6. The minimum Gasteiger partial charge on any atom is -0.395 e. The molecule has 88 valence electrons. The molecule has 0 saturated carbocycles. The van der Waals surface area contributed by atoms with Gasteiger partial charge in [0.1, 0.15) is 5.69 Å². The van der Waals surface area contributed by atoms with Gasteiger partial charge in [-0.2, -0.15) is 0 Å². The van der Waals surface area contributed by atoms with Crippen LogP contribution in [0.2, 0.25) is 0 Å². The lowest BCUT2D eigenvalue weighted by Crippen LogP contribution is -2.28. The molecule has 0 aliphatic rings. The van der Waals surface area contributed by atoms with Gasteiger partial charge in [0.15, 0.2) is 0 Å². The van der Waals surface area contributed by atoms with Crippen LogP contribution >= 0.6 is 0 Å². The maximum absolute atomic E-state index is 10.6. The molecule has 0 aliphatic heterocycles. The highest BCUT2D eigenvalue weighted by Gasteiger charge is 2.11. The third-order valence-electron chi connectivity index (χ3n) is 2.22. The average Bonchev–Trinajstić information content (AvgIpc) is 2.27. The first kappa shape index (κ1) is 12.4. The Hall–Kier alpha value is -1.66. The Kier molecular flexibility index (Phi) is 4.21. The van der Waals surface area contributed by atoms with Gasteiger partial charge in [-0.1, -0.05) is 6.07 Å². The Morgan fingerprint density at radius 1 is 1.62 bits per heavy atom. The van der Waals surface area contributed by atoms with Gasteiger partial charge < -0.3 is 16.2 Å². The van der Waals surface area contributed by atoms with E-state index in [9.17, 15) is 10.1 Å². The second-order valence-corrected chi connectivity index (χ2v) is 3.61. The molecule has 0 heterocycles. The highest BCUT2D eigenvalue weighted by Crippen LogP contribution is 2.22. The fourth-order valence-electron chi connectivity index (χ4n) is 1.21. The lowest BCUT2D eigenvalue weighted by molar-refractivity contribution is -0.384. The Morgan fingerprint density at radius 3 is 2.88 bits per heavy atom. The molecule has 0 fully saturated rings. The predicted octanol–water partition coefficient (Wildman–Crippen LogP) is 0.647. The van der Waals surface area contributed by atoms with E-state index in [-0.39, 0.29) is 24.0 Å². The van der Waals surface area contributed by atoms with E-state index < -0.39 is 4.92 Å². The number of nitro groups is 1. The molecule has 6 heteroatoms. The topological polar surface area (TPSA) is 101 Å². The van der Waals surface area contributed by atoms with Gasteiger partial charge in [-0.3, -0.25) is 10.1 Å². The van der Waals surface area contributed by atoms with E-state index in [1.54, 1.807) is 6.07 Å². The number of nitrogens with zero attached hydrogens (tertiary/aromatic N) is 1. The van der Waals surface area contributed by atoms with Gasteiger partial charge in [-0.05, 0) is 18.6 Å². The summed E-state index contributed by atoms with van der Waals surface area (Å²) in [5.74, 6) is 0. The van der Waals surface area contributed by atoms with E-state index in [0.29, 0.717) is 6.54 Å². The Morgan fingerprint density at radius 2 is 2.31 bits per heavy atom. The zero-order valence-electron chi connectivity index (χ0n) is 9.01. The molecule has 1 aromatic rings. The standard InChI is InChI=1S/C10H15N3O3/c1-7(6-14)12-5-8-2-3-9(11)10(4-8)13(15)16/h2-4,7,12,14H,5-6,11H2,1H3/t7-/m1/s1. The van der Waals surface area contributed by atoms with Gasteiger partial charge in [-0.25, -0.2) is 0 Å². The summed E-state index contributed by atoms with van der Waals surface area (Å²) in [5.41, 5.74) is 6.30. The Balaban J connectivity index is 2.75. The van der Waals surface area contributed by atoms with Crippen molar-refractivity contribution < 1.29 is 10.0 Å². The summed E-state index contributed by atoms with van der Waals surface area (Å²) in [5, 5.41) is 22.5. The van der Waals surface area contributed by atoms with Crippen molar-refractivity contribution >= 4 is 11.4 Å². The molecule has 0 radical (unpaired) electrons. The summed E-state index contributed by atoms with van der Waals surface area (Å²) in [4.78, 5) is 10.1. The maximum atomic E-state index is 10.6. The van der Waals surface area contributed by atoms with E-state index in [1.807, 2.05) is 6.92 Å². The lowest BCUT2D eigenvalue weighted by atomic mass is 10.1. The van der Waals surface area contributed by atoms with Crippen LogP contribution in [0.1, 0.15) is 12.5 Å². The van der Waals surface area contributed by atoms with Crippen molar-refractivity contribution in [3.8, 4) is 0 Å². The molecular weight excluding hydrogens is 210 g/mol. The van der Waals surface area contributed by atoms with E-state index >= 15 is 0 Å². The summed E-state index contributed by atoms with van der Waals surface area (Å²) in [6, 6.07) is 4.63. The molecule has 0 aliphatic carbocycles. The Labute approximate surface area is 93.2 Å². The number of rotatable bonds is 5. The first-order valence-corrected chi connectivity index (χ1v) is 4.91. The average molecular weight is 225 g/mol. The van der Waals surface area contributed by atoms with Crippen molar-refractivity contribution in [3.63, 3.8) is 0 Å². The third-order valence-corrected chi connectivity index (χ3v) is 2.22. The number of hydrogen-bond donors (Lipinski definition) is 3. The molecule has 1 atom stereocenters. The summed E-state index contributed by atoms with van der Waals surface area (Å²) in [7, 11) is 0. The minimum atomic E-state index is -0.506. The largest absolute Gasteiger partial charge is 0.395 e. The fourth-order valence-corrected chi connectivity index (χ4v) is 1.21. The molecule has 0 bridgehead atoms. The number of aliphatic hydroxyl groups excluding tert-OH is 1. The molecule has 0 saturated heterocycles. The lowest BCUT2D eigenvalue weighted by Gasteiger charge is -2.10. The molecule has 0 spiro atoms. The van der Waals surface area contributed by atoms with Crippen LogP contribution in [0.5, 0.6) is 0 Å². The number of benzene rings is 1. The first-order chi connectivity index (χ1) is 7.54. The third kappa shape index (κ3) is 3.18. The zero-order valence-corrected chi connectivity index (χ0v) is 9.01. The molecule has 1 aromatic carbocycles. The van der Waals surface area contributed by atoms with Gasteiger partial charge in [0, 0.05) is 18.7 Å². The number of nitrogen functional groups attached to an aromatic ring is 1. The van der Waals surface area contributed by atoms with Gasteiger partial charge in [-0.15, -0.1) is 0 Å².